The van der Waals surface area contributed by atoms with Gasteiger partial charge in [0.15, 0.2) is 0 Å². The molecule has 1 heterocycles. The molecule has 0 bridgehead atoms. The maximum atomic E-state index is 6.12. The van der Waals surface area contributed by atoms with E-state index in [1.54, 1.807) is 0 Å². The van der Waals surface area contributed by atoms with Gasteiger partial charge in [-0.3, -0.25) is 0 Å². The normalized spacial score (nSPS) is 12.9. The average molecular weight is 272 g/mol. The molecule has 2 aromatic rings. The van der Waals surface area contributed by atoms with Gasteiger partial charge in [0.1, 0.15) is 5.69 Å². The van der Waals surface area contributed by atoms with Gasteiger partial charge in [-0.15, -0.1) is 5.10 Å². The van der Waals surface area contributed by atoms with E-state index < -0.39 is 0 Å². The number of hydrogen-bond acceptors (Lipinski definition) is 3. The number of nitrogens with zero attached hydrogens (tertiary/aromatic N) is 3. The van der Waals surface area contributed by atoms with E-state index in [9.17, 15) is 0 Å². The molecule has 0 aliphatic carbocycles. The quantitative estimate of drug-likeness (QED) is 0.908. The Labute approximate surface area is 121 Å². The molecule has 4 heteroatoms. The van der Waals surface area contributed by atoms with E-state index in [1.807, 2.05) is 4.68 Å². The first-order valence-corrected chi connectivity index (χ1v) is 7.38. The van der Waals surface area contributed by atoms with Crippen LogP contribution in [0.4, 0.5) is 0 Å². The first-order chi connectivity index (χ1) is 9.58. The van der Waals surface area contributed by atoms with E-state index in [2.05, 4.69) is 62.3 Å². The van der Waals surface area contributed by atoms with Gasteiger partial charge in [-0.2, -0.15) is 0 Å². The topological polar surface area (TPSA) is 56.7 Å². The van der Waals surface area contributed by atoms with Crippen LogP contribution < -0.4 is 5.73 Å². The van der Waals surface area contributed by atoms with Gasteiger partial charge in [-0.05, 0) is 36.5 Å². The van der Waals surface area contributed by atoms with Crippen molar-refractivity contribution >= 4 is 0 Å². The molecule has 0 aliphatic heterocycles. The minimum absolute atomic E-state index is 0.0352. The van der Waals surface area contributed by atoms with Crippen LogP contribution in [0, 0.1) is 0 Å². The van der Waals surface area contributed by atoms with Crippen LogP contribution in [0.25, 0.3) is 5.69 Å². The smallest absolute Gasteiger partial charge is 0.103 e. The standard InChI is InChI=1S/C16H24N4/c1-5-14(17)16-15(6-2)20(19-18-16)13-9-7-8-12(10-13)11(3)4/h7-11,14H,5-6,17H2,1-4H3. The summed E-state index contributed by atoms with van der Waals surface area (Å²) in [7, 11) is 0. The highest BCUT2D eigenvalue weighted by Crippen LogP contribution is 2.22. The van der Waals surface area contributed by atoms with Crippen molar-refractivity contribution in [2.75, 3.05) is 0 Å². The third-order valence-corrected chi connectivity index (χ3v) is 3.70. The van der Waals surface area contributed by atoms with Gasteiger partial charge in [0.05, 0.1) is 17.4 Å². The zero-order valence-corrected chi connectivity index (χ0v) is 12.8. The lowest BCUT2D eigenvalue weighted by Crippen LogP contribution is -2.12. The van der Waals surface area contributed by atoms with Gasteiger partial charge in [0.2, 0.25) is 0 Å². The van der Waals surface area contributed by atoms with E-state index in [-0.39, 0.29) is 6.04 Å². The minimum atomic E-state index is -0.0352. The zero-order valence-electron chi connectivity index (χ0n) is 12.8. The van der Waals surface area contributed by atoms with Crippen molar-refractivity contribution in [1.29, 1.82) is 0 Å². The molecule has 1 unspecified atom stereocenters. The highest BCUT2D eigenvalue weighted by atomic mass is 15.4. The maximum Gasteiger partial charge on any atom is 0.103 e. The minimum Gasteiger partial charge on any atom is -0.323 e. The van der Waals surface area contributed by atoms with Gasteiger partial charge >= 0.3 is 0 Å². The Hall–Kier alpha value is -1.68. The van der Waals surface area contributed by atoms with Crippen LogP contribution in [0.1, 0.15) is 63.0 Å². The third kappa shape index (κ3) is 2.75. The summed E-state index contributed by atoms with van der Waals surface area (Å²) in [5.41, 5.74) is 10.5. The van der Waals surface area contributed by atoms with Crippen molar-refractivity contribution in [2.45, 2.75) is 52.5 Å². The summed E-state index contributed by atoms with van der Waals surface area (Å²) in [5.74, 6) is 0.501. The summed E-state index contributed by atoms with van der Waals surface area (Å²) in [6.45, 7) is 8.58. The predicted octanol–water partition coefficient (Wildman–Crippen LogP) is 3.36. The molecule has 1 aromatic heterocycles. The molecule has 0 fully saturated rings. The largest absolute Gasteiger partial charge is 0.323 e. The molecule has 1 aromatic carbocycles. The van der Waals surface area contributed by atoms with Crippen LogP contribution in [-0.4, -0.2) is 15.0 Å². The molecule has 20 heavy (non-hydrogen) atoms. The van der Waals surface area contributed by atoms with Crippen molar-refractivity contribution in [3.05, 3.63) is 41.2 Å². The first-order valence-electron chi connectivity index (χ1n) is 7.38. The number of nitrogens with two attached hydrogens (primary N) is 1. The second kappa shape index (κ2) is 6.18. The number of benzene rings is 1. The van der Waals surface area contributed by atoms with Crippen molar-refractivity contribution in [1.82, 2.24) is 15.0 Å². The lowest BCUT2D eigenvalue weighted by molar-refractivity contribution is 0.665. The summed E-state index contributed by atoms with van der Waals surface area (Å²) in [6.07, 6.45) is 1.75. The van der Waals surface area contributed by atoms with E-state index in [1.165, 1.54) is 5.56 Å². The fourth-order valence-corrected chi connectivity index (χ4v) is 2.35. The van der Waals surface area contributed by atoms with Crippen molar-refractivity contribution in [2.24, 2.45) is 5.73 Å². The number of hydrogen-bond donors (Lipinski definition) is 1. The van der Waals surface area contributed by atoms with Crippen molar-refractivity contribution in [3.63, 3.8) is 0 Å². The summed E-state index contributed by atoms with van der Waals surface area (Å²) in [6, 6.07) is 8.44. The Balaban J connectivity index is 2.47. The second-order valence-electron chi connectivity index (χ2n) is 5.45. The highest BCUT2D eigenvalue weighted by Gasteiger charge is 2.17. The third-order valence-electron chi connectivity index (χ3n) is 3.70. The molecule has 0 radical (unpaired) electrons. The maximum absolute atomic E-state index is 6.12. The molecule has 0 spiro atoms. The molecule has 0 amide bonds. The van der Waals surface area contributed by atoms with Crippen LogP contribution >= 0.6 is 0 Å². The molecular formula is C16H24N4. The van der Waals surface area contributed by atoms with Gasteiger partial charge in [-0.25, -0.2) is 4.68 Å². The Kier molecular flexibility index (Phi) is 4.55. The molecule has 2 N–H and O–H groups in total. The fourth-order valence-electron chi connectivity index (χ4n) is 2.35. The highest BCUT2D eigenvalue weighted by molar-refractivity contribution is 5.38. The lowest BCUT2D eigenvalue weighted by Gasteiger charge is -2.11. The van der Waals surface area contributed by atoms with Crippen LogP contribution in [0.2, 0.25) is 0 Å². The molecule has 0 saturated carbocycles. The van der Waals surface area contributed by atoms with E-state index in [4.69, 9.17) is 5.73 Å². The lowest BCUT2D eigenvalue weighted by atomic mass is 10.0. The first kappa shape index (κ1) is 14.7. The Morgan fingerprint density at radius 1 is 1.25 bits per heavy atom. The molecule has 2 rings (SSSR count). The number of aromatic nitrogens is 3. The van der Waals surface area contributed by atoms with Crippen LogP contribution in [0.3, 0.4) is 0 Å². The van der Waals surface area contributed by atoms with E-state index in [0.29, 0.717) is 5.92 Å². The summed E-state index contributed by atoms with van der Waals surface area (Å²) in [4.78, 5) is 0. The summed E-state index contributed by atoms with van der Waals surface area (Å²) >= 11 is 0. The van der Waals surface area contributed by atoms with E-state index >= 15 is 0 Å². The monoisotopic (exact) mass is 272 g/mol. The van der Waals surface area contributed by atoms with Gasteiger partial charge in [0, 0.05) is 0 Å². The Bertz CT molecular complexity index is 572. The molecule has 108 valence electrons. The fraction of sp³-hybridized carbons (Fsp3) is 0.500. The predicted molar refractivity (Wildman–Crippen MR) is 82.0 cm³/mol. The summed E-state index contributed by atoms with van der Waals surface area (Å²) < 4.78 is 1.93. The van der Waals surface area contributed by atoms with Crippen molar-refractivity contribution < 1.29 is 0 Å². The SMILES string of the molecule is CCc1c(C(N)CC)nnn1-c1cccc(C(C)C)c1. The van der Waals surface area contributed by atoms with Gasteiger partial charge in [0.25, 0.3) is 0 Å². The van der Waals surface area contributed by atoms with Gasteiger partial charge in [-0.1, -0.05) is 45.0 Å². The number of rotatable bonds is 5. The Morgan fingerprint density at radius 2 is 2.00 bits per heavy atom. The van der Waals surface area contributed by atoms with Crippen LogP contribution in [-0.2, 0) is 6.42 Å². The average Bonchev–Trinajstić information content (AvgIpc) is 2.90. The molecule has 0 aliphatic rings. The molecule has 4 nitrogen and oxygen atoms in total. The molecular weight excluding hydrogens is 248 g/mol. The van der Waals surface area contributed by atoms with Crippen LogP contribution in [0.5, 0.6) is 0 Å². The van der Waals surface area contributed by atoms with Crippen molar-refractivity contribution in [3.8, 4) is 5.69 Å². The summed E-state index contributed by atoms with van der Waals surface area (Å²) in [5, 5.41) is 8.61. The zero-order chi connectivity index (χ0) is 14.7. The second-order valence-corrected chi connectivity index (χ2v) is 5.45. The van der Waals surface area contributed by atoms with E-state index in [0.717, 1.165) is 29.9 Å². The van der Waals surface area contributed by atoms with Crippen LogP contribution in [0.15, 0.2) is 24.3 Å². The van der Waals surface area contributed by atoms with Gasteiger partial charge < -0.3 is 5.73 Å². The molecule has 1 atom stereocenters. The molecule has 0 saturated heterocycles. The Morgan fingerprint density at radius 3 is 2.60 bits per heavy atom.